The van der Waals surface area contributed by atoms with E-state index < -0.39 is 9.84 Å². The van der Waals surface area contributed by atoms with Gasteiger partial charge in [0.1, 0.15) is 0 Å². The fourth-order valence-corrected chi connectivity index (χ4v) is 2.88. The zero-order valence-electron chi connectivity index (χ0n) is 8.12. The number of hydrogen-bond acceptors (Lipinski definition) is 4. The first-order valence-electron chi connectivity index (χ1n) is 4.57. The van der Waals surface area contributed by atoms with Crippen molar-refractivity contribution in [2.24, 2.45) is 5.92 Å². The van der Waals surface area contributed by atoms with Crippen LogP contribution in [0.5, 0.6) is 0 Å². The van der Waals surface area contributed by atoms with E-state index in [1.165, 1.54) is 0 Å². The van der Waals surface area contributed by atoms with E-state index in [-0.39, 0.29) is 17.5 Å². The Hall–Kier alpha value is -0.130. The molecule has 1 rings (SSSR count). The van der Waals surface area contributed by atoms with Gasteiger partial charge < -0.3 is 4.84 Å². The third kappa shape index (κ3) is 4.06. The van der Waals surface area contributed by atoms with Crippen LogP contribution in [-0.4, -0.2) is 32.6 Å². The summed E-state index contributed by atoms with van der Waals surface area (Å²) in [5, 5.41) is 0. The molecule has 0 aromatic rings. The molecule has 1 fully saturated rings. The minimum Gasteiger partial charge on any atom is -0.301 e. The highest BCUT2D eigenvalue weighted by Gasteiger charge is 2.27. The second-order valence-electron chi connectivity index (χ2n) is 3.92. The van der Waals surface area contributed by atoms with Crippen molar-refractivity contribution in [2.45, 2.75) is 26.3 Å². The fourth-order valence-electron chi connectivity index (χ4n) is 1.22. The second-order valence-corrected chi connectivity index (χ2v) is 6.15. The van der Waals surface area contributed by atoms with E-state index in [1.807, 2.05) is 13.8 Å². The number of hydroxylamine groups is 1. The van der Waals surface area contributed by atoms with Gasteiger partial charge in [0.05, 0.1) is 18.1 Å². The van der Waals surface area contributed by atoms with E-state index in [1.54, 1.807) is 0 Å². The molecule has 0 saturated carbocycles. The van der Waals surface area contributed by atoms with E-state index in [4.69, 9.17) is 4.84 Å². The van der Waals surface area contributed by atoms with Gasteiger partial charge in [-0.3, -0.25) is 0 Å². The number of hydrogen-bond donors (Lipinski definition) is 1. The van der Waals surface area contributed by atoms with E-state index in [0.717, 1.165) is 0 Å². The number of nitrogens with one attached hydrogen (secondary N) is 1. The molecule has 1 aliphatic heterocycles. The van der Waals surface area contributed by atoms with Crippen molar-refractivity contribution < 1.29 is 13.3 Å². The summed E-state index contributed by atoms with van der Waals surface area (Å²) < 4.78 is 22.1. The maximum atomic E-state index is 11.0. The van der Waals surface area contributed by atoms with Gasteiger partial charge in [-0.1, -0.05) is 13.8 Å². The van der Waals surface area contributed by atoms with Gasteiger partial charge in [-0.15, -0.1) is 0 Å². The second kappa shape index (κ2) is 4.39. The van der Waals surface area contributed by atoms with Gasteiger partial charge in [-0.2, -0.15) is 5.48 Å². The average molecular weight is 207 g/mol. The van der Waals surface area contributed by atoms with Crippen molar-refractivity contribution in [3.8, 4) is 0 Å². The Bertz CT molecular complexity index is 248. The highest BCUT2D eigenvalue weighted by molar-refractivity contribution is 7.91. The molecule has 4 nitrogen and oxygen atoms in total. The highest BCUT2D eigenvalue weighted by atomic mass is 32.2. The van der Waals surface area contributed by atoms with Crippen LogP contribution in [0.3, 0.4) is 0 Å². The minimum atomic E-state index is -2.79. The molecule has 0 spiro atoms. The molecule has 1 saturated heterocycles. The molecule has 1 aliphatic rings. The number of sulfone groups is 1. The molecule has 13 heavy (non-hydrogen) atoms. The van der Waals surface area contributed by atoms with Crippen LogP contribution in [0.15, 0.2) is 0 Å². The van der Waals surface area contributed by atoms with Gasteiger partial charge in [0.25, 0.3) is 0 Å². The van der Waals surface area contributed by atoms with Crippen LogP contribution in [0.4, 0.5) is 0 Å². The summed E-state index contributed by atoms with van der Waals surface area (Å²) in [6.45, 7) is 4.72. The molecule has 0 aliphatic carbocycles. The molecule has 0 aromatic heterocycles. The van der Waals surface area contributed by atoms with Gasteiger partial charge in [0.15, 0.2) is 9.84 Å². The van der Waals surface area contributed by atoms with Gasteiger partial charge in [-0.05, 0) is 12.3 Å². The quantitative estimate of drug-likeness (QED) is 0.676. The highest BCUT2D eigenvalue weighted by Crippen LogP contribution is 2.11. The lowest BCUT2D eigenvalue weighted by molar-refractivity contribution is 0.00611. The van der Waals surface area contributed by atoms with E-state index in [2.05, 4.69) is 5.48 Å². The van der Waals surface area contributed by atoms with E-state index in [9.17, 15) is 8.42 Å². The first kappa shape index (κ1) is 10.9. The molecule has 0 aromatic carbocycles. The van der Waals surface area contributed by atoms with Gasteiger partial charge >= 0.3 is 0 Å². The molecule has 1 unspecified atom stereocenters. The van der Waals surface area contributed by atoms with Crippen LogP contribution >= 0.6 is 0 Å². The summed E-state index contributed by atoms with van der Waals surface area (Å²) in [6.07, 6.45) is 0.667. The topological polar surface area (TPSA) is 55.4 Å². The third-order valence-electron chi connectivity index (χ3n) is 1.90. The zero-order chi connectivity index (χ0) is 9.90. The summed E-state index contributed by atoms with van der Waals surface area (Å²) in [4.78, 5) is 5.16. The van der Waals surface area contributed by atoms with Crippen molar-refractivity contribution in [3.63, 3.8) is 0 Å². The van der Waals surface area contributed by atoms with Crippen molar-refractivity contribution in [3.05, 3.63) is 0 Å². The Balaban J connectivity index is 2.18. The third-order valence-corrected chi connectivity index (χ3v) is 3.67. The Labute approximate surface area is 79.5 Å². The number of rotatable bonds is 4. The molecular formula is C8H17NO3S. The monoisotopic (exact) mass is 207 g/mol. The Morgan fingerprint density at radius 3 is 2.69 bits per heavy atom. The maximum absolute atomic E-state index is 11.0. The normalized spacial score (nSPS) is 26.8. The summed E-state index contributed by atoms with van der Waals surface area (Å²) in [7, 11) is -2.79. The predicted octanol–water partition coefficient (Wildman–Crippen LogP) is 0.351. The van der Waals surface area contributed by atoms with E-state index in [0.29, 0.717) is 18.9 Å². The Morgan fingerprint density at radius 1 is 1.54 bits per heavy atom. The zero-order valence-corrected chi connectivity index (χ0v) is 8.93. The first-order valence-corrected chi connectivity index (χ1v) is 6.39. The van der Waals surface area contributed by atoms with Crippen LogP contribution < -0.4 is 5.48 Å². The SMILES string of the molecule is CC(C)CONC1CCS(=O)(=O)C1. The van der Waals surface area contributed by atoms with Gasteiger partial charge in [-0.25, -0.2) is 8.42 Å². The standard InChI is InChI=1S/C8H17NO3S/c1-7(2)5-12-9-8-3-4-13(10,11)6-8/h7-9H,3-6H2,1-2H3. The lowest BCUT2D eigenvalue weighted by Gasteiger charge is -2.11. The van der Waals surface area contributed by atoms with Crippen LogP contribution in [0.25, 0.3) is 0 Å². The fraction of sp³-hybridized carbons (Fsp3) is 1.00. The first-order chi connectivity index (χ1) is 5.99. The van der Waals surface area contributed by atoms with E-state index >= 15 is 0 Å². The molecule has 5 heteroatoms. The molecular weight excluding hydrogens is 190 g/mol. The predicted molar refractivity (Wildman–Crippen MR) is 51.0 cm³/mol. The summed E-state index contributed by atoms with van der Waals surface area (Å²) in [5.74, 6) is 0.964. The maximum Gasteiger partial charge on any atom is 0.151 e. The molecule has 1 atom stereocenters. The van der Waals surface area contributed by atoms with Crippen LogP contribution in [0.2, 0.25) is 0 Å². The smallest absolute Gasteiger partial charge is 0.151 e. The van der Waals surface area contributed by atoms with Crippen molar-refractivity contribution in [1.29, 1.82) is 0 Å². The lowest BCUT2D eigenvalue weighted by atomic mass is 10.2. The van der Waals surface area contributed by atoms with Crippen molar-refractivity contribution in [1.82, 2.24) is 5.48 Å². The Morgan fingerprint density at radius 2 is 2.23 bits per heavy atom. The van der Waals surface area contributed by atoms with Crippen molar-refractivity contribution in [2.75, 3.05) is 18.1 Å². The van der Waals surface area contributed by atoms with Gasteiger partial charge in [0, 0.05) is 6.04 Å². The lowest BCUT2D eigenvalue weighted by Crippen LogP contribution is -2.31. The molecule has 0 bridgehead atoms. The van der Waals surface area contributed by atoms with Crippen LogP contribution in [0.1, 0.15) is 20.3 Å². The molecule has 0 radical (unpaired) electrons. The summed E-state index contributed by atoms with van der Waals surface area (Å²) >= 11 is 0. The molecule has 0 amide bonds. The largest absolute Gasteiger partial charge is 0.301 e. The Kier molecular flexibility index (Phi) is 3.70. The van der Waals surface area contributed by atoms with Crippen molar-refractivity contribution >= 4 is 9.84 Å². The van der Waals surface area contributed by atoms with Gasteiger partial charge in [0.2, 0.25) is 0 Å². The minimum absolute atomic E-state index is 0.0104. The van der Waals surface area contributed by atoms with Crippen LogP contribution in [-0.2, 0) is 14.7 Å². The molecule has 78 valence electrons. The summed E-state index contributed by atoms with van der Waals surface area (Å²) in [6, 6.07) is -0.0104. The molecule has 1 heterocycles. The van der Waals surface area contributed by atoms with Crippen LogP contribution in [0, 0.1) is 5.92 Å². The summed E-state index contributed by atoms with van der Waals surface area (Å²) in [5.41, 5.74) is 2.79. The average Bonchev–Trinajstić information content (AvgIpc) is 2.29. The molecule has 1 N–H and O–H groups in total.